The fraction of sp³-hybridized carbons (Fsp3) is 0.267. The standard InChI is InChI=1S/C15H16N2OS2/c18-14(16-15-7-3-9-20-15)11-17-8-4-10-19-13-6-2-1-5-12(13)17/h1-3,5-7,9H,4,8,10-11H2,(H,16,18). The Hall–Kier alpha value is -1.46. The molecule has 1 aromatic carbocycles. The lowest BCUT2D eigenvalue weighted by atomic mass is 10.2. The summed E-state index contributed by atoms with van der Waals surface area (Å²) >= 11 is 3.42. The maximum absolute atomic E-state index is 12.1. The van der Waals surface area contributed by atoms with E-state index in [1.807, 2.05) is 35.3 Å². The number of amides is 1. The van der Waals surface area contributed by atoms with Crippen molar-refractivity contribution < 1.29 is 4.79 Å². The predicted octanol–water partition coefficient (Wildman–Crippen LogP) is 3.69. The summed E-state index contributed by atoms with van der Waals surface area (Å²) in [5.74, 6) is 1.16. The third-order valence-electron chi connectivity index (χ3n) is 3.15. The van der Waals surface area contributed by atoms with Crippen LogP contribution in [0.15, 0.2) is 46.7 Å². The molecule has 0 saturated heterocycles. The molecule has 1 aliphatic heterocycles. The molecule has 5 heteroatoms. The minimum Gasteiger partial charge on any atom is -0.361 e. The van der Waals surface area contributed by atoms with E-state index in [2.05, 4.69) is 28.4 Å². The molecule has 3 nitrogen and oxygen atoms in total. The van der Waals surface area contributed by atoms with Gasteiger partial charge < -0.3 is 10.2 Å². The number of hydrogen-bond donors (Lipinski definition) is 1. The topological polar surface area (TPSA) is 32.3 Å². The molecule has 3 rings (SSSR count). The van der Waals surface area contributed by atoms with Crippen molar-refractivity contribution in [3.05, 3.63) is 41.8 Å². The highest BCUT2D eigenvalue weighted by Crippen LogP contribution is 2.33. The number of nitrogens with one attached hydrogen (secondary N) is 1. The van der Waals surface area contributed by atoms with Crippen LogP contribution in [0.3, 0.4) is 0 Å². The third kappa shape index (κ3) is 3.16. The van der Waals surface area contributed by atoms with Gasteiger partial charge in [0.2, 0.25) is 5.91 Å². The summed E-state index contributed by atoms with van der Waals surface area (Å²) in [7, 11) is 0. The minimum absolute atomic E-state index is 0.0501. The summed E-state index contributed by atoms with van der Waals surface area (Å²) in [6.07, 6.45) is 1.10. The maximum atomic E-state index is 12.1. The summed E-state index contributed by atoms with van der Waals surface area (Å²) in [5.41, 5.74) is 1.18. The molecule has 0 aliphatic carbocycles. The highest BCUT2D eigenvalue weighted by Gasteiger charge is 2.17. The highest BCUT2D eigenvalue weighted by molar-refractivity contribution is 7.99. The number of anilines is 2. The summed E-state index contributed by atoms with van der Waals surface area (Å²) in [6.45, 7) is 1.34. The van der Waals surface area contributed by atoms with Crippen LogP contribution in [0.4, 0.5) is 10.7 Å². The second-order valence-electron chi connectivity index (χ2n) is 4.62. The lowest BCUT2D eigenvalue weighted by molar-refractivity contribution is -0.115. The van der Waals surface area contributed by atoms with Crippen LogP contribution in [0.5, 0.6) is 0 Å². The van der Waals surface area contributed by atoms with Gasteiger partial charge in [-0.25, -0.2) is 0 Å². The Kier molecular flexibility index (Phi) is 4.28. The van der Waals surface area contributed by atoms with Gasteiger partial charge >= 0.3 is 0 Å². The van der Waals surface area contributed by atoms with E-state index < -0.39 is 0 Å². The number of carbonyl (C=O) groups excluding carboxylic acids is 1. The molecule has 1 amide bonds. The van der Waals surface area contributed by atoms with Gasteiger partial charge in [0.1, 0.15) is 0 Å². The molecule has 0 saturated carbocycles. The van der Waals surface area contributed by atoms with Crippen LogP contribution in [-0.2, 0) is 4.79 Å². The van der Waals surface area contributed by atoms with E-state index in [9.17, 15) is 4.79 Å². The van der Waals surface area contributed by atoms with E-state index in [4.69, 9.17) is 0 Å². The average Bonchev–Trinajstić information content (AvgIpc) is 2.87. The molecule has 0 bridgehead atoms. The van der Waals surface area contributed by atoms with Crippen molar-refractivity contribution in [1.82, 2.24) is 0 Å². The Bertz CT molecular complexity index is 583. The number of thioether (sulfide) groups is 1. The molecule has 0 spiro atoms. The number of benzene rings is 1. The van der Waals surface area contributed by atoms with Gasteiger partial charge in [0.15, 0.2) is 0 Å². The number of fused-ring (bicyclic) bond motifs is 1. The van der Waals surface area contributed by atoms with Crippen LogP contribution in [0.25, 0.3) is 0 Å². The van der Waals surface area contributed by atoms with E-state index in [1.54, 1.807) is 11.3 Å². The molecule has 0 unspecified atom stereocenters. The molecule has 1 N–H and O–H groups in total. The highest BCUT2D eigenvalue weighted by atomic mass is 32.2. The van der Waals surface area contributed by atoms with Crippen molar-refractivity contribution in [2.75, 3.05) is 29.1 Å². The van der Waals surface area contributed by atoms with Crippen LogP contribution < -0.4 is 10.2 Å². The summed E-state index contributed by atoms with van der Waals surface area (Å²) in [4.78, 5) is 15.6. The first-order chi connectivity index (χ1) is 9.83. The molecule has 2 heterocycles. The van der Waals surface area contributed by atoms with Crippen LogP contribution >= 0.6 is 23.1 Å². The smallest absolute Gasteiger partial charge is 0.244 e. The van der Waals surface area contributed by atoms with Crippen LogP contribution in [0.1, 0.15) is 6.42 Å². The zero-order valence-electron chi connectivity index (χ0n) is 11.0. The first kappa shape index (κ1) is 13.5. The van der Waals surface area contributed by atoms with Gasteiger partial charge in [0.25, 0.3) is 0 Å². The van der Waals surface area contributed by atoms with E-state index in [-0.39, 0.29) is 5.91 Å². The van der Waals surface area contributed by atoms with Crippen LogP contribution in [0, 0.1) is 0 Å². The SMILES string of the molecule is O=C(CN1CCCSc2ccccc21)Nc1cccs1. The van der Waals surface area contributed by atoms with Gasteiger partial charge in [-0.2, -0.15) is 0 Å². The molecular formula is C15H16N2OS2. The van der Waals surface area contributed by atoms with E-state index >= 15 is 0 Å². The largest absolute Gasteiger partial charge is 0.361 e. The second-order valence-corrected chi connectivity index (χ2v) is 6.70. The first-order valence-electron chi connectivity index (χ1n) is 6.63. The average molecular weight is 304 g/mol. The molecule has 0 fully saturated rings. The minimum atomic E-state index is 0.0501. The zero-order chi connectivity index (χ0) is 13.8. The van der Waals surface area contributed by atoms with E-state index in [0.717, 1.165) is 23.7 Å². The lowest BCUT2D eigenvalue weighted by Gasteiger charge is -2.23. The number of carbonyl (C=O) groups is 1. The maximum Gasteiger partial charge on any atom is 0.244 e. The van der Waals surface area contributed by atoms with Crippen molar-refractivity contribution in [1.29, 1.82) is 0 Å². The molecule has 1 aliphatic rings. The monoisotopic (exact) mass is 304 g/mol. The summed E-state index contributed by atoms with van der Waals surface area (Å²) in [5, 5.41) is 5.83. The number of nitrogens with zero attached hydrogens (tertiary/aromatic N) is 1. The van der Waals surface area contributed by atoms with E-state index in [0.29, 0.717) is 6.54 Å². The molecule has 20 heavy (non-hydrogen) atoms. The number of thiophene rings is 1. The second kappa shape index (κ2) is 6.33. The number of hydrogen-bond acceptors (Lipinski definition) is 4. The zero-order valence-corrected chi connectivity index (χ0v) is 12.7. The third-order valence-corrected chi connectivity index (χ3v) is 5.09. The van der Waals surface area contributed by atoms with Crippen molar-refractivity contribution in [3.63, 3.8) is 0 Å². The number of para-hydroxylation sites is 1. The molecular weight excluding hydrogens is 288 g/mol. The van der Waals surface area contributed by atoms with Gasteiger partial charge in [0, 0.05) is 11.4 Å². The van der Waals surface area contributed by atoms with Gasteiger partial charge in [-0.15, -0.1) is 23.1 Å². The Balaban J connectivity index is 1.72. The van der Waals surface area contributed by atoms with Crippen LogP contribution in [-0.4, -0.2) is 24.7 Å². The Labute approximate surface area is 127 Å². The van der Waals surface area contributed by atoms with Gasteiger partial charge in [-0.3, -0.25) is 4.79 Å². The van der Waals surface area contributed by atoms with Gasteiger partial charge in [-0.05, 0) is 41.8 Å². The Morgan fingerprint density at radius 1 is 1.25 bits per heavy atom. The van der Waals surface area contributed by atoms with Crippen molar-refractivity contribution in [2.24, 2.45) is 0 Å². The Morgan fingerprint density at radius 2 is 2.15 bits per heavy atom. The predicted molar refractivity (Wildman–Crippen MR) is 86.9 cm³/mol. The summed E-state index contributed by atoms with van der Waals surface area (Å²) in [6, 6.07) is 12.2. The van der Waals surface area contributed by atoms with Crippen molar-refractivity contribution >= 4 is 39.7 Å². The van der Waals surface area contributed by atoms with Gasteiger partial charge in [0.05, 0.1) is 17.2 Å². The molecule has 104 valence electrons. The summed E-state index contributed by atoms with van der Waals surface area (Å²) < 4.78 is 0. The fourth-order valence-corrected chi connectivity index (χ4v) is 3.91. The van der Waals surface area contributed by atoms with E-state index in [1.165, 1.54) is 10.6 Å². The normalized spacial score (nSPS) is 14.5. The van der Waals surface area contributed by atoms with Crippen molar-refractivity contribution in [2.45, 2.75) is 11.3 Å². The molecule has 0 atom stereocenters. The number of rotatable bonds is 3. The molecule has 1 aromatic heterocycles. The molecule has 2 aromatic rings. The quantitative estimate of drug-likeness (QED) is 0.938. The lowest BCUT2D eigenvalue weighted by Crippen LogP contribution is -2.33. The van der Waals surface area contributed by atoms with Crippen molar-refractivity contribution in [3.8, 4) is 0 Å². The Morgan fingerprint density at radius 3 is 3.00 bits per heavy atom. The van der Waals surface area contributed by atoms with Gasteiger partial charge in [-0.1, -0.05) is 12.1 Å². The fourth-order valence-electron chi connectivity index (χ4n) is 2.26. The van der Waals surface area contributed by atoms with Crippen LogP contribution in [0.2, 0.25) is 0 Å². The molecule has 0 radical (unpaired) electrons. The first-order valence-corrected chi connectivity index (χ1v) is 8.49.